The highest BCUT2D eigenvalue weighted by atomic mass is 35.5. The molecule has 0 aromatic heterocycles. The molecule has 0 unspecified atom stereocenters. The molecule has 8 heteroatoms. The highest BCUT2D eigenvalue weighted by Crippen LogP contribution is 2.29. The van der Waals surface area contributed by atoms with Crippen LogP contribution in [0, 0.1) is 10.1 Å². The smallest absolute Gasteiger partial charge is 0.307 e. The number of anilines is 1. The fourth-order valence-corrected chi connectivity index (χ4v) is 3.24. The number of benzene rings is 3. The number of nitro benzene ring substituents is 1. The van der Waals surface area contributed by atoms with Gasteiger partial charge in [0, 0.05) is 18.1 Å². The minimum Gasteiger partial charge on any atom is -0.456 e. The van der Waals surface area contributed by atoms with Crippen molar-refractivity contribution in [2.45, 2.75) is 12.3 Å². The van der Waals surface area contributed by atoms with Crippen molar-refractivity contribution < 1.29 is 19.2 Å². The lowest BCUT2D eigenvalue weighted by atomic mass is 9.89. The van der Waals surface area contributed by atoms with E-state index in [1.807, 2.05) is 60.7 Å². The second kappa shape index (κ2) is 10.4. The molecular formula is C23H19ClN2O5. The van der Waals surface area contributed by atoms with E-state index >= 15 is 0 Å². The fraction of sp³-hybridized carbons (Fsp3) is 0.130. The van der Waals surface area contributed by atoms with Crippen molar-refractivity contribution in [2.75, 3.05) is 11.9 Å². The number of nitro groups is 1. The van der Waals surface area contributed by atoms with Gasteiger partial charge in [0.2, 0.25) is 0 Å². The molecule has 0 aliphatic carbocycles. The number of carbonyl (C=O) groups excluding carboxylic acids is 2. The van der Waals surface area contributed by atoms with Crippen LogP contribution in [0.4, 0.5) is 11.4 Å². The highest BCUT2D eigenvalue weighted by Gasteiger charge is 2.20. The van der Waals surface area contributed by atoms with Gasteiger partial charge in [0.05, 0.1) is 22.1 Å². The van der Waals surface area contributed by atoms with Crippen LogP contribution in [0.1, 0.15) is 23.5 Å². The summed E-state index contributed by atoms with van der Waals surface area (Å²) in [5.74, 6) is -1.41. The Morgan fingerprint density at radius 2 is 1.55 bits per heavy atom. The van der Waals surface area contributed by atoms with E-state index < -0.39 is 23.4 Å². The molecule has 0 saturated carbocycles. The van der Waals surface area contributed by atoms with Crippen LogP contribution in [0.2, 0.25) is 5.02 Å². The van der Waals surface area contributed by atoms with Gasteiger partial charge in [-0.1, -0.05) is 72.3 Å². The van der Waals surface area contributed by atoms with Crippen LogP contribution < -0.4 is 5.32 Å². The number of esters is 1. The molecule has 0 atom stereocenters. The van der Waals surface area contributed by atoms with Crippen molar-refractivity contribution >= 4 is 34.9 Å². The predicted octanol–water partition coefficient (Wildman–Crippen LogP) is 4.95. The maximum atomic E-state index is 12.4. The molecule has 0 aliphatic rings. The number of hydrogen-bond acceptors (Lipinski definition) is 5. The third-order valence-corrected chi connectivity index (χ3v) is 4.90. The molecule has 0 radical (unpaired) electrons. The van der Waals surface area contributed by atoms with Crippen molar-refractivity contribution in [3.05, 3.63) is 105 Å². The highest BCUT2D eigenvalue weighted by molar-refractivity contribution is 6.33. The molecule has 0 spiro atoms. The zero-order valence-electron chi connectivity index (χ0n) is 16.4. The SMILES string of the molecule is O=C(COC(=O)CC(c1ccccc1)c1ccccc1)Nc1cc([N+](=O)[O-])ccc1Cl. The van der Waals surface area contributed by atoms with Crippen LogP contribution in [0.25, 0.3) is 0 Å². The van der Waals surface area contributed by atoms with Gasteiger partial charge >= 0.3 is 5.97 Å². The van der Waals surface area contributed by atoms with Gasteiger partial charge < -0.3 is 10.1 Å². The fourth-order valence-electron chi connectivity index (χ4n) is 3.08. The second-order valence-corrected chi connectivity index (χ2v) is 7.12. The number of nitrogens with one attached hydrogen (secondary N) is 1. The van der Waals surface area contributed by atoms with Crippen molar-refractivity contribution in [1.29, 1.82) is 0 Å². The topological polar surface area (TPSA) is 98.5 Å². The van der Waals surface area contributed by atoms with Gasteiger partial charge in [0.25, 0.3) is 11.6 Å². The van der Waals surface area contributed by atoms with E-state index in [0.717, 1.165) is 17.2 Å². The Hall–Kier alpha value is -3.71. The molecule has 0 heterocycles. The molecule has 0 fully saturated rings. The molecule has 31 heavy (non-hydrogen) atoms. The number of ether oxygens (including phenoxy) is 1. The minimum absolute atomic E-state index is 0.0544. The summed E-state index contributed by atoms with van der Waals surface area (Å²) in [5, 5.41) is 13.4. The predicted molar refractivity (Wildman–Crippen MR) is 117 cm³/mol. The first-order chi connectivity index (χ1) is 14.9. The average molecular weight is 439 g/mol. The largest absolute Gasteiger partial charge is 0.456 e. The van der Waals surface area contributed by atoms with Gasteiger partial charge in [-0.2, -0.15) is 0 Å². The summed E-state index contributed by atoms with van der Waals surface area (Å²) >= 11 is 5.97. The first-order valence-electron chi connectivity index (χ1n) is 9.43. The standard InChI is InChI=1S/C23H19ClN2O5/c24-20-12-11-18(26(29)30)13-21(20)25-22(27)15-31-23(28)14-19(16-7-3-1-4-8-16)17-9-5-2-6-10-17/h1-13,19H,14-15H2,(H,25,27). The molecular weight excluding hydrogens is 420 g/mol. The van der Waals surface area contributed by atoms with Gasteiger partial charge in [0.1, 0.15) is 0 Å². The zero-order valence-corrected chi connectivity index (χ0v) is 17.1. The Balaban J connectivity index is 1.62. The number of nitrogens with zero attached hydrogens (tertiary/aromatic N) is 1. The van der Waals surface area contributed by atoms with E-state index in [9.17, 15) is 19.7 Å². The molecule has 3 aromatic carbocycles. The molecule has 0 aliphatic heterocycles. The van der Waals surface area contributed by atoms with Crippen molar-refractivity contribution in [3.63, 3.8) is 0 Å². The lowest BCUT2D eigenvalue weighted by Crippen LogP contribution is -2.22. The number of carbonyl (C=O) groups is 2. The molecule has 0 bridgehead atoms. The van der Waals surface area contributed by atoms with Gasteiger partial charge in [-0.15, -0.1) is 0 Å². The number of halogens is 1. The summed E-state index contributed by atoms with van der Waals surface area (Å²) in [5.41, 5.74) is 1.77. The zero-order chi connectivity index (χ0) is 22.2. The van der Waals surface area contributed by atoms with E-state index in [0.29, 0.717) is 0 Å². The Kier molecular flexibility index (Phi) is 7.35. The van der Waals surface area contributed by atoms with Crippen molar-refractivity contribution in [2.24, 2.45) is 0 Å². The van der Waals surface area contributed by atoms with Crippen LogP contribution in [0.3, 0.4) is 0 Å². The summed E-state index contributed by atoms with van der Waals surface area (Å²) in [6.07, 6.45) is 0.0544. The lowest BCUT2D eigenvalue weighted by molar-refractivity contribution is -0.384. The van der Waals surface area contributed by atoms with Gasteiger partial charge in [-0.25, -0.2) is 0 Å². The monoisotopic (exact) mass is 438 g/mol. The maximum absolute atomic E-state index is 12.4. The Labute approximate surface area is 183 Å². The van der Waals surface area contributed by atoms with E-state index in [1.54, 1.807) is 0 Å². The number of hydrogen-bond donors (Lipinski definition) is 1. The minimum atomic E-state index is -0.647. The third kappa shape index (κ3) is 6.13. The molecule has 7 nitrogen and oxygen atoms in total. The average Bonchev–Trinajstić information content (AvgIpc) is 2.78. The Morgan fingerprint density at radius 1 is 0.968 bits per heavy atom. The van der Waals surface area contributed by atoms with Crippen LogP contribution in [-0.2, 0) is 14.3 Å². The molecule has 0 saturated heterocycles. The summed E-state index contributed by atoms with van der Waals surface area (Å²) in [6, 6.07) is 22.8. The van der Waals surface area contributed by atoms with Gasteiger partial charge in [-0.3, -0.25) is 19.7 Å². The summed E-state index contributed by atoms with van der Waals surface area (Å²) in [7, 11) is 0. The van der Waals surface area contributed by atoms with Crippen molar-refractivity contribution in [3.8, 4) is 0 Å². The normalized spacial score (nSPS) is 10.5. The first-order valence-corrected chi connectivity index (χ1v) is 9.81. The first kappa shape index (κ1) is 22.0. The lowest BCUT2D eigenvalue weighted by Gasteiger charge is -2.17. The summed E-state index contributed by atoms with van der Waals surface area (Å²) < 4.78 is 5.14. The molecule has 158 valence electrons. The van der Waals surface area contributed by atoms with Gasteiger partial charge in [0.15, 0.2) is 6.61 Å². The molecule has 1 N–H and O–H groups in total. The third-order valence-electron chi connectivity index (χ3n) is 4.57. The second-order valence-electron chi connectivity index (χ2n) is 6.71. The Morgan fingerprint density at radius 3 is 2.10 bits per heavy atom. The van der Waals surface area contributed by atoms with Gasteiger partial charge in [-0.05, 0) is 17.2 Å². The van der Waals surface area contributed by atoms with Crippen LogP contribution in [0.15, 0.2) is 78.9 Å². The quantitative estimate of drug-likeness (QED) is 0.304. The molecule has 3 rings (SSSR count). The molecule has 3 aromatic rings. The number of amides is 1. The van der Waals surface area contributed by atoms with Crippen LogP contribution in [0.5, 0.6) is 0 Å². The number of non-ortho nitro benzene ring substituents is 1. The van der Waals surface area contributed by atoms with Crippen molar-refractivity contribution in [1.82, 2.24) is 0 Å². The number of rotatable bonds is 8. The van der Waals surface area contributed by atoms with E-state index in [1.165, 1.54) is 12.1 Å². The molecule has 1 amide bonds. The Bertz CT molecular complexity index is 1030. The van der Waals surface area contributed by atoms with Crippen LogP contribution >= 0.6 is 11.6 Å². The van der Waals surface area contributed by atoms with Crippen LogP contribution in [-0.4, -0.2) is 23.4 Å². The maximum Gasteiger partial charge on any atom is 0.307 e. The summed E-state index contributed by atoms with van der Waals surface area (Å²) in [6.45, 7) is -0.534. The van der Waals surface area contributed by atoms with E-state index in [2.05, 4.69) is 5.32 Å². The van der Waals surface area contributed by atoms with E-state index in [-0.39, 0.29) is 28.7 Å². The summed E-state index contributed by atoms with van der Waals surface area (Å²) in [4.78, 5) is 34.9. The van der Waals surface area contributed by atoms with E-state index in [4.69, 9.17) is 16.3 Å².